The van der Waals surface area contributed by atoms with Crippen molar-refractivity contribution in [1.29, 1.82) is 0 Å². The highest BCUT2D eigenvalue weighted by Crippen LogP contribution is 2.32. The molecular weight excluding hydrogens is 293 g/mol. The van der Waals surface area contributed by atoms with Crippen LogP contribution < -0.4 is 4.74 Å². The smallest absolute Gasteiger partial charge is 0.389 e. The lowest BCUT2D eigenvalue weighted by molar-refractivity contribution is -0.136. The molecule has 1 unspecified atom stereocenters. The Morgan fingerprint density at radius 1 is 1.36 bits per heavy atom. The molecule has 1 aliphatic rings. The number of halogens is 3. The zero-order valence-electron chi connectivity index (χ0n) is 12.8. The first-order valence-corrected chi connectivity index (χ1v) is 7.48. The van der Waals surface area contributed by atoms with Crippen molar-refractivity contribution in [2.45, 2.75) is 45.4 Å². The Balaban J connectivity index is 2.00. The summed E-state index contributed by atoms with van der Waals surface area (Å²) in [6, 6.07) is 5.54. The first-order chi connectivity index (χ1) is 10.3. The Kier molecular flexibility index (Phi) is 5.16. The highest BCUT2D eigenvalue weighted by Gasteiger charge is 2.26. The van der Waals surface area contributed by atoms with Gasteiger partial charge in [0.2, 0.25) is 0 Å². The van der Waals surface area contributed by atoms with Crippen molar-refractivity contribution in [3.63, 3.8) is 0 Å². The average Bonchev–Trinajstić information content (AvgIpc) is 2.41. The van der Waals surface area contributed by atoms with Crippen molar-refractivity contribution in [3.05, 3.63) is 34.9 Å². The Bertz CT molecular complexity index is 547. The highest BCUT2D eigenvalue weighted by molar-refractivity contribution is 5.62. The summed E-state index contributed by atoms with van der Waals surface area (Å²) < 4.78 is 41.6. The van der Waals surface area contributed by atoms with Gasteiger partial charge >= 0.3 is 6.18 Å². The summed E-state index contributed by atoms with van der Waals surface area (Å²) in [5.41, 5.74) is 3.15. The van der Waals surface area contributed by atoms with Crippen molar-refractivity contribution in [3.8, 4) is 5.75 Å². The van der Waals surface area contributed by atoms with Gasteiger partial charge in [-0.25, -0.2) is 0 Å². The molecule has 2 rings (SSSR count). The van der Waals surface area contributed by atoms with E-state index in [-0.39, 0.29) is 18.9 Å². The lowest BCUT2D eigenvalue weighted by Gasteiger charge is -2.25. The second kappa shape index (κ2) is 6.73. The number of fused-ring (bicyclic) bond motifs is 1. The lowest BCUT2D eigenvalue weighted by Crippen LogP contribution is -2.18. The number of hydrogen-bond acceptors (Lipinski definition) is 2. The number of rotatable bonds is 5. The van der Waals surface area contributed by atoms with Crippen molar-refractivity contribution in [2.75, 3.05) is 6.61 Å². The summed E-state index contributed by atoms with van der Waals surface area (Å²) in [6.07, 6.45) is -2.68. The van der Waals surface area contributed by atoms with E-state index in [1.807, 2.05) is 18.2 Å². The van der Waals surface area contributed by atoms with Crippen LogP contribution in [0.15, 0.2) is 23.8 Å². The minimum Gasteiger partial charge on any atom is -0.494 e. The number of ether oxygens (including phenoxy) is 1. The van der Waals surface area contributed by atoms with E-state index in [0.29, 0.717) is 5.75 Å². The molecule has 2 nitrogen and oxygen atoms in total. The van der Waals surface area contributed by atoms with Crippen molar-refractivity contribution in [2.24, 2.45) is 5.92 Å². The molecule has 1 aliphatic carbocycles. The molecule has 1 aromatic rings. The summed E-state index contributed by atoms with van der Waals surface area (Å²) in [7, 11) is 0. The molecule has 0 aliphatic heterocycles. The van der Waals surface area contributed by atoms with E-state index in [1.165, 1.54) is 0 Å². The van der Waals surface area contributed by atoms with Gasteiger partial charge in [-0.3, -0.25) is 0 Å². The molecule has 0 saturated carbocycles. The molecule has 0 aromatic heterocycles. The molecular formula is C17H21F3O2. The molecule has 0 fully saturated rings. The fourth-order valence-corrected chi connectivity index (χ4v) is 2.75. The molecule has 0 bridgehead atoms. The fourth-order valence-electron chi connectivity index (χ4n) is 2.75. The zero-order chi connectivity index (χ0) is 16.3. The van der Waals surface area contributed by atoms with E-state index < -0.39 is 18.7 Å². The molecule has 122 valence electrons. The minimum absolute atomic E-state index is 0.0386. The summed E-state index contributed by atoms with van der Waals surface area (Å²) in [6.45, 7) is 3.87. The van der Waals surface area contributed by atoms with E-state index in [2.05, 4.69) is 6.92 Å². The van der Waals surface area contributed by atoms with E-state index in [1.54, 1.807) is 13.0 Å². The van der Waals surface area contributed by atoms with Gasteiger partial charge in [0.25, 0.3) is 0 Å². The van der Waals surface area contributed by atoms with Crippen LogP contribution >= 0.6 is 0 Å². The zero-order valence-corrected chi connectivity index (χ0v) is 12.8. The predicted molar refractivity (Wildman–Crippen MR) is 79.8 cm³/mol. The third kappa shape index (κ3) is 4.50. The highest BCUT2D eigenvalue weighted by atomic mass is 19.4. The quantitative estimate of drug-likeness (QED) is 0.818. The second-order valence-electron chi connectivity index (χ2n) is 5.85. The Morgan fingerprint density at radius 2 is 2.09 bits per heavy atom. The van der Waals surface area contributed by atoms with Crippen LogP contribution in [0.1, 0.15) is 37.8 Å². The van der Waals surface area contributed by atoms with Crippen LogP contribution in [-0.2, 0) is 6.42 Å². The molecule has 5 heteroatoms. The average molecular weight is 314 g/mol. The van der Waals surface area contributed by atoms with Gasteiger partial charge in [-0.1, -0.05) is 19.1 Å². The minimum atomic E-state index is -4.13. The van der Waals surface area contributed by atoms with E-state index in [4.69, 9.17) is 4.74 Å². The van der Waals surface area contributed by atoms with E-state index >= 15 is 0 Å². The van der Waals surface area contributed by atoms with E-state index in [9.17, 15) is 18.3 Å². The Labute approximate surface area is 128 Å². The van der Waals surface area contributed by atoms with Gasteiger partial charge in [-0.05, 0) is 54.5 Å². The first kappa shape index (κ1) is 16.9. The van der Waals surface area contributed by atoms with Gasteiger partial charge < -0.3 is 9.84 Å². The van der Waals surface area contributed by atoms with Crippen LogP contribution in [-0.4, -0.2) is 24.0 Å². The van der Waals surface area contributed by atoms with Crippen LogP contribution in [0.5, 0.6) is 5.75 Å². The lowest BCUT2D eigenvalue weighted by atomic mass is 9.82. The summed E-state index contributed by atoms with van der Waals surface area (Å²) >= 11 is 0. The second-order valence-corrected chi connectivity index (χ2v) is 5.85. The predicted octanol–water partition coefficient (Wildman–Crippen LogP) is 4.36. The fraction of sp³-hybridized carbons (Fsp3) is 0.529. The maximum atomic E-state index is 12.1. The molecule has 0 radical (unpaired) electrons. The molecule has 0 spiro atoms. The van der Waals surface area contributed by atoms with Gasteiger partial charge in [0.1, 0.15) is 5.75 Å². The maximum Gasteiger partial charge on any atom is 0.389 e. The largest absolute Gasteiger partial charge is 0.494 e. The number of benzene rings is 1. The molecule has 1 aromatic carbocycles. The number of hydrogen-bond donors (Lipinski definition) is 1. The van der Waals surface area contributed by atoms with Crippen LogP contribution in [0.25, 0.3) is 6.08 Å². The van der Waals surface area contributed by atoms with Crippen LogP contribution in [0.2, 0.25) is 0 Å². The SMILES string of the molecule is CC(O)C1=Cc2ccc(OCCCC(F)(F)F)cc2C[C@@H]1C. The Hall–Kier alpha value is -1.49. The summed E-state index contributed by atoms with van der Waals surface area (Å²) in [4.78, 5) is 0. The van der Waals surface area contributed by atoms with Gasteiger partial charge in [-0.2, -0.15) is 13.2 Å². The van der Waals surface area contributed by atoms with Gasteiger partial charge in [0.05, 0.1) is 12.7 Å². The number of aliphatic hydroxyl groups is 1. The van der Waals surface area contributed by atoms with Crippen LogP contribution in [0.3, 0.4) is 0 Å². The topological polar surface area (TPSA) is 29.5 Å². The van der Waals surface area contributed by atoms with Gasteiger partial charge in [0, 0.05) is 6.42 Å². The van der Waals surface area contributed by atoms with E-state index in [0.717, 1.165) is 23.1 Å². The molecule has 2 atom stereocenters. The Morgan fingerprint density at radius 3 is 2.73 bits per heavy atom. The normalized spacial score (nSPS) is 19.4. The number of alkyl halides is 3. The van der Waals surface area contributed by atoms with Crippen molar-refractivity contribution >= 4 is 6.08 Å². The third-order valence-electron chi connectivity index (χ3n) is 3.89. The van der Waals surface area contributed by atoms with Gasteiger partial charge in [-0.15, -0.1) is 0 Å². The van der Waals surface area contributed by atoms with Crippen molar-refractivity contribution < 1.29 is 23.0 Å². The molecule has 22 heavy (non-hydrogen) atoms. The monoisotopic (exact) mass is 314 g/mol. The molecule has 0 amide bonds. The summed E-state index contributed by atoms with van der Waals surface area (Å²) in [5.74, 6) is 0.843. The van der Waals surface area contributed by atoms with Gasteiger partial charge in [0.15, 0.2) is 0 Å². The molecule has 1 N–H and O–H groups in total. The van der Waals surface area contributed by atoms with Crippen LogP contribution in [0.4, 0.5) is 13.2 Å². The standard InChI is InChI=1S/C17H21F3O2/c1-11-8-14-9-15(22-7-3-6-17(18,19)20)5-4-13(14)10-16(11)12(2)21/h4-5,9-12,21H,3,6-8H2,1-2H3/t11-,12?/m0/s1. The van der Waals surface area contributed by atoms with Crippen molar-refractivity contribution in [1.82, 2.24) is 0 Å². The first-order valence-electron chi connectivity index (χ1n) is 7.48. The molecule has 0 heterocycles. The third-order valence-corrected chi connectivity index (χ3v) is 3.89. The maximum absolute atomic E-state index is 12.1. The molecule has 0 saturated heterocycles. The number of aliphatic hydroxyl groups excluding tert-OH is 1. The van der Waals surface area contributed by atoms with Crippen LogP contribution in [0, 0.1) is 5.92 Å². The summed E-state index contributed by atoms with van der Waals surface area (Å²) in [5, 5.41) is 9.75.